The van der Waals surface area contributed by atoms with Gasteiger partial charge in [-0.3, -0.25) is 4.79 Å². The Morgan fingerprint density at radius 2 is 1.95 bits per heavy atom. The number of aromatic nitrogens is 1. The van der Waals surface area contributed by atoms with Gasteiger partial charge in [-0.05, 0) is 42.7 Å². The lowest BCUT2D eigenvalue weighted by Gasteiger charge is -2.18. The van der Waals surface area contributed by atoms with Gasteiger partial charge >= 0.3 is 0 Å². The van der Waals surface area contributed by atoms with Gasteiger partial charge in [-0.25, -0.2) is 9.37 Å². The number of hydrogen-bond acceptors (Lipinski definition) is 3. The smallest absolute Gasteiger partial charge is 0.255 e. The standard InChI is InChI=1S/C15H14FN3O/c16-11-5-3-10(4-6-11)15(7-8-15)19-14(20)12-2-1-9-18-13(12)17/h1-6,9H,7-8H2,(H2,17,18)(H,19,20). The minimum atomic E-state index is -0.396. The van der Waals surface area contributed by atoms with Crippen LogP contribution in [-0.4, -0.2) is 10.9 Å². The highest BCUT2D eigenvalue weighted by Gasteiger charge is 2.45. The molecule has 3 N–H and O–H groups in total. The summed E-state index contributed by atoms with van der Waals surface area (Å²) in [6, 6.07) is 9.52. The minimum absolute atomic E-state index is 0.208. The van der Waals surface area contributed by atoms with Crippen molar-refractivity contribution in [3.8, 4) is 0 Å². The first kappa shape index (κ1) is 12.6. The van der Waals surface area contributed by atoms with E-state index < -0.39 is 5.54 Å². The van der Waals surface area contributed by atoms with Crippen molar-refractivity contribution in [1.82, 2.24) is 10.3 Å². The first-order valence-corrected chi connectivity index (χ1v) is 6.40. The number of rotatable bonds is 3. The third kappa shape index (κ3) is 2.22. The van der Waals surface area contributed by atoms with Crippen LogP contribution in [0.15, 0.2) is 42.6 Å². The van der Waals surface area contributed by atoms with Crippen molar-refractivity contribution in [1.29, 1.82) is 0 Å². The number of nitrogens with one attached hydrogen (secondary N) is 1. The first-order chi connectivity index (χ1) is 9.61. The van der Waals surface area contributed by atoms with Gasteiger partial charge in [-0.1, -0.05) is 12.1 Å². The summed E-state index contributed by atoms with van der Waals surface area (Å²) in [6.07, 6.45) is 3.22. The molecule has 1 aromatic heterocycles. The second-order valence-electron chi connectivity index (χ2n) is 4.98. The maximum Gasteiger partial charge on any atom is 0.255 e. The molecule has 2 aromatic rings. The lowest BCUT2D eigenvalue weighted by atomic mass is 10.0. The van der Waals surface area contributed by atoms with Crippen LogP contribution in [0.3, 0.4) is 0 Å². The number of nitrogens with two attached hydrogens (primary N) is 1. The van der Waals surface area contributed by atoms with Crippen molar-refractivity contribution in [3.63, 3.8) is 0 Å². The molecule has 0 aliphatic heterocycles. The Bertz CT molecular complexity index is 650. The molecule has 20 heavy (non-hydrogen) atoms. The molecule has 5 heteroatoms. The molecular weight excluding hydrogens is 257 g/mol. The van der Waals surface area contributed by atoms with Crippen molar-refractivity contribution in [2.45, 2.75) is 18.4 Å². The molecule has 0 saturated heterocycles. The first-order valence-electron chi connectivity index (χ1n) is 6.40. The van der Waals surface area contributed by atoms with E-state index in [0.717, 1.165) is 18.4 Å². The second kappa shape index (κ2) is 4.59. The summed E-state index contributed by atoms with van der Waals surface area (Å²) in [4.78, 5) is 16.2. The van der Waals surface area contributed by atoms with Crippen LogP contribution < -0.4 is 11.1 Å². The number of anilines is 1. The number of nitrogen functional groups attached to an aromatic ring is 1. The molecule has 0 radical (unpaired) electrons. The van der Waals surface area contributed by atoms with E-state index in [1.54, 1.807) is 30.5 Å². The zero-order valence-corrected chi connectivity index (χ0v) is 10.8. The summed E-state index contributed by atoms with van der Waals surface area (Å²) in [7, 11) is 0. The van der Waals surface area contributed by atoms with Gasteiger partial charge in [0.15, 0.2) is 0 Å². The van der Waals surface area contributed by atoms with Crippen molar-refractivity contribution in [2.75, 3.05) is 5.73 Å². The molecule has 1 aromatic carbocycles. The van der Waals surface area contributed by atoms with Crippen molar-refractivity contribution < 1.29 is 9.18 Å². The molecule has 102 valence electrons. The predicted octanol–water partition coefficient (Wildman–Crippen LogP) is 2.22. The van der Waals surface area contributed by atoms with E-state index in [4.69, 9.17) is 5.73 Å². The quantitative estimate of drug-likeness (QED) is 0.899. The molecule has 0 bridgehead atoms. The molecule has 0 atom stereocenters. The van der Waals surface area contributed by atoms with E-state index in [1.807, 2.05) is 0 Å². The van der Waals surface area contributed by atoms with Gasteiger partial charge in [0.25, 0.3) is 5.91 Å². The monoisotopic (exact) mass is 271 g/mol. The fraction of sp³-hybridized carbons (Fsp3) is 0.200. The zero-order valence-electron chi connectivity index (χ0n) is 10.8. The molecule has 1 heterocycles. The Kier molecular flexibility index (Phi) is 2.89. The molecule has 3 rings (SSSR count). The van der Waals surface area contributed by atoms with Crippen molar-refractivity contribution >= 4 is 11.7 Å². The SMILES string of the molecule is Nc1ncccc1C(=O)NC1(c2ccc(F)cc2)CC1. The van der Waals surface area contributed by atoms with Crippen LogP contribution in [0.1, 0.15) is 28.8 Å². The minimum Gasteiger partial charge on any atom is -0.383 e. The molecule has 1 fully saturated rings. The normalized spacial score (nSPS) is 15.7. The highest BCUT2D eigenvalue weighted by atomic mass is 19.1. The van der Waals surface area contributed by atoms with E-state index in [2.05, 4.69) is 10.3 Å². The third-order valence-electron chi connectivity index (χ3n) is 3.58. The van der Waals surface area contributed by atoms with E-state index in [9.17, 15) is 9.18 Å². The Labute approximate surface area is 115 Å². The summed E-state index contributed by atoms with van der Waals surface area (Å²) in [5.74, 6) is -0.329. The number of hydrogen-bond donors (Lipinski definition) is 2. The number of carbonyl (C=O) groups is 1. The molecule has 4 nitrogen and oxygen atoms in total. The second-order valence-corrected chi connectivity index (χ2v) is 4.98. The summed E-state index contributed by atoms with van der Waals surface area (Å²) in [5, 5.41) is 2.98. The number of benzene rings is 1. The fourth-order valence-electron chi connectivity index (χ4n) is 2.27. The summed E-state index contributed by atoms with van der Waals surface area (Å²) >= 11 is 0. The van der Waals surface area contributed by atoms with E-state index in [-0.39, 0.29) is 17.5 Å². The molecule has 1 aliphatic rings. The van der Waals surface area contributed by atoms with Crippen LogP contribution in [0.2, 0.25) is 0 Å². The third-order valence-corrected chi connectivity index (χ3v) is 3.58. The molecule has 1 aliphatic carbocycles. The van der Waals surface area contributed by atoms with Crippen LogP contribution >= 0.6 is 0 Å². The molecular formula is C15H14FN3O. The zero-order chi connectivity index (χ0) is 14.2. The highest BCUT2D eigenvalue weighted by molar-refractivity contribution is 5.98. The van der Waals surface area contributed by atoms with Crippen molar-refractivity contribution in [2.24, 2.45) is 0 Å². The lowest BCUT2D eigenvalue weighted by Crippen LogP contribution is -2.35. The Hall–Kier alpha value is -2.43. The van der Waals surface area contributed by atoms with Crippen LogP contribution in [0.5, 0.6) is 0 Å². The average molecular weight is 271 g/mol. The Balaban J connectivity index is 1.82. The maximum absolute atomic E-state index is 13.0. The molecule has 0 spiro atoms. The van der Waals surface area contributed by atoms with Gasteiger partial charge in [-0.15, -0.1) is 0 Å². The van der Waals surface area contributed by atoms with Crippen LogP contribution in [0.25, 0.3) is 0 Å². The number of pyridine rings is 1. The highest BCUT2D eigenvalue weighted by Crippen LogP contribution is 2.45. The van der Waals surface area contributed by atoms with Crippen LogP contribution in [0.4, 0.5) is 10.2 Å². The summed E-state index contributed by atoms with van der Waals surface area (Å²) in [5.41, 5.74) is 6.58. The molecule has 1 amide bonds. The van der Waals surface area contributed by atoms with Gasteiger partial charge in [0.05, 0.1) is 11.1 Å². The number of nitrogens with zero attached hydrogens (tertiary/aromatic N) is 1. The lowest BCUT2D eigenvalue weighted by molar-refractivity contribution is 0.0931. The van der Waals surface area contributed by atoms with Gasteiger partial charge in [0, 0.05) is 6.20 Å². The van der Waals surface area contributed by atoms with Crippen LogP contribution in [0, 0.1) is 5.82 Å². The van der Waals surface area contributed by atoms with Crippen molar-refractivity contribution in [3.05, 3.63) is 59.5 Å². The van der Waals surface area contributed by atoms with E-state index >= 15 is 0 Å². The van der Waals surface area contributed by atoms with Gasteiger partial charge in [0.2, 0.25) is 0 Å². The maximum atomic E-state index is 13.0. The van der Waals surface area contributed by atoms with E-state index in [1.165, 1.54) is 12.1 Å². The van der Waals surface area contributed by atoms with E-state index in [0.29, 0.717) is 5.56 Å². The van der Waals surface area contributed by atoms with Crippen LogP contribution in [-0.2, 0) is 5.54 Å². The Morgan fingerprint density at radius 3 is 2.55 bits per heavy atom. The van der Waals surface area contributed by atoms with Gasteiger partial charge in [0.1, 0.15) is 11.6 Å². The largest absolute Gasteiger partial charge is 0.383 e. The topological polar surface area (TPSA) is 68.0 Å². The number of carbonyl (C=O) groups excluding carboxylic acids is 1. The van der Waals surface area contributed by atoms with Gasteiger partial charge in [-0.2, -0.15) is 0 Å². The number of halogens is 1. The number of amides is 1. The Morgan fingerprint density at radius 1 is 1.25 bits per heavy atom. The average Bonchev–Trinajstić information content (AvgIpc) is 3.20. The fourth-order valence-corrected chi connectivity index (χ4v) is 2.27. The van der Waals surface area contributed by atoms with Gasteiger partial charge < -0.3 is 11.1 Å². The molecule has 0 unspecified atom stereocenters. The molecule has 1 saturated carbocycles. The predicted molar refractivity (Wildman–Crippen MR) is 73.4 cm³/mol. The summed E-state index contributed by atoms with van der Waals surface area (Å²) in [6.45, 7) is 0. The summed E-state index contributed by atoms with van der Waals surface area (Å²) < 4.78 is 13.0.